The molecular weight excluding hydrogens is 415 g/mol. The summed E-state index contributed by atoms with van der Waals surface area (Å²) in [6.45, 7) is 11.7. The number of hydrogen-bond donors (Lipinski definition) is 0. The van der Waals surface area contributed by atoms with Crippen LogP contribution >= 0.6 is 0 Å². The van der Waals surface area contributed by atoms with Crippen LogP contribution in [0.5, 0.6) is 0 Å². The van der Waals surface area contributed by atoms with Gasteiger partial charge in [0.25, 0.3) is 0 Å². The normalized spacial score (nSPS) is 21.3. The lowest BCUT2D eigenvalue weighted by Crippen LogP contribution is -2.55. The third kappa shape index (κ3) is 5.29. The van der Waals surface area contributed by atoms with E-state index in [-0.39, 0.29) is 0 Å². The lowest BCUT2D eigenvalue weighted by molar-refractivity contribution is -0.137. The predicted octanol–water partition coefficient (Wildman–Crippen LogP) is 4.41. The Labute approximate surface area is 188 Å². The molecule has 0 spiro atoms. The van der Waals surface area contributed by atoms with E-state index in [1.807, 2.05) is 6.20 Å². The fourth-order valence-electron chi connectivity index (χ4n) is 5.02. The molecule has 1 aromatic heterocycles. The Balaban J connectivity index is 1.32. The molecule has 0 aliphatic carbocycles. The highest BCUT2D eigenvalue weighted by Gasteiger charge is 2.32. The summed E-state index contributed by atoms with van der Waals surface area (Å²) in [6, 6.07) is 6.23. The van der Waals surface area contributed by atoms with Gasteiger partial charge in [-0.2, -0.15) is 18.3 Å². The fourth-order valence-corrected chi connectivity index (χ4v) is 5.02. The van der Waals surface area contributed by atoms with Gasteiger partial charge in [-0.1, -0.05) is 13.0 Å². The van der Waals surface area contributed by atoms with E-state index in [0.717, 1.165) is 64.8 Å². The molecule has 0 saturated carbocycles. The standard InChI is InChI=1S/C24H34F3N5/c1-3-9-32-19(2)20(16-28-32)17-29-10-5-8-23(18-29)31-13-11-30(12-14-31)22-7-4-6-21(15-22)24(25,26)27/h4,6-7,15-16,23H,3,5,8-14,17-18H2,1-2H3/t23-/m1/s1. The van der Waals surface area contributed by atoms with Crippen LogP contribution in [0.2, 0.25) is 0 Å². The first kappa shape index (κ1) is 23.1. The highest BCUT2D eigenvalue weighted by atomic mass is 19.4. The van der Waals surface area contributed by atoms with Crippen LogP contribution in [-0.2, 0) is 19.3 Å². The average molecular weight is 450 g/mol. The number of alkyl halides is 3. The van der Waals surface area contributed by atoms with Gasteiger partial charge < -0.3 is 4.90 Å². The third-order valence-electron chi connectivity index (χ3n) is 6.88. The Hall–Kier alpha value is -2.06. The van der Waals surface area contributed by atoms with Gasteiger partial charge in [-0.3, -0.25) is 14.5 Å². The first-order valence-electron chi connectivity index (χ1n) is 11.7. The van der Waals surface area contributed by atoms with Gasteiger partial charge in [-0.25, -0.2) is 0 Å². The monoisotopic (exact) mass is 449 g/mol. The Bertz CT molecular complexity index is 886. The first-order valence-corrected chi connectivity index (χ1v) is 11.7. The van der Waals surface area contributed by atoms with Gasteiger partial charge in [-0.05, 0) is 50.9 Å². The molecule has 176 valence electrons. The van der Waals surface area contributed by atoms with Gasteiger partial charge in [0.15, 0.2) is 0 Å². The summed E-state index contributed by atoms with van der Waals surface area (Å²) in [7, 11) is 0. The van der Waals surface area contributed by atoms with Gasteiger partial charge in [0.05, 0.1) is 11.8 Å². The number of halogens is 3. The number of likely N-dealkylation sites (tertiary alicyclic amines) is 1. The van der Waals surface area contributed by atoms with Crippen LogP contribution in [-0.4, -0.2) is 64.9 Å². The number of piperidine rings is 1. The zero-order valence-corrected chi connectivity index (χ0v) is 19.1. The minimum atomic E-state index is -4.30. The number of anilines is 1. The second-order valence-corrected chi connectivity index (χ2v) is 9.08. The molecule has 32 heavy (non-hydrogen) atoms. The Morgan fingerprint density at radius 1 is 1.09 bits per heavy atom. The Kier molecular flexibility index (Phi) is 7.10. The van der Waals surface area contributed by atoms with E-state index in [2.05, 4.69) is 38.3 Å². The molecular formula is C24H34F3N5. The van der Waals surface area contributed by atoms with E-state index >= 15 is 0 Å². The summed E-state index contributed by atoms with van der Waals surface area (Å²) in [4.78, 5) is 7.15. The number of hydrogen-bond acceptors (Lipinski definition) is 4. The summed E-state index contributed by atoms with van der Waals surface area (Å²) >= 11 is 0. The van der Waals surface area contributed by atoms with Crippen molar-refractivity contribution in [2.24, 2.45) is 0 Å². The van der Waals surface area contributed by atoms with E-state index < -0.39 is 11.7 Å². The summed E-state index contributed by atoms with van der Waals surface area (Å²) in [5.74, 6) is 0. The Morgan fingerprint density at radius 2 is 1.88 bits per heavy atom. The van der Waals surface area contributed by atoms with Crippen LogP contribution < -0.4 is 4.90 Å². The highest BCUT2D eigenvalue weighted by molar-refractivity contribution is 5.49. The number of aromatic nitrogens is 2. The van der Waals surface area contributed by atoms with E-state index in [9.17, 15) is 13.2 Å². The van der Waals surface area contributed by atoms with Crippen LogP contribution in [0, 0.1) is 6.92 Å². The molecule has 3 heterocycles. The van der Waals surface area contributed by atoms with E-state index in [0.29, 0.717) is 11.7 Å². The largest absolute Gasteiger partial charge is 0.416 e. The summed E-state index contributed by atoms with van der Waals surface area (Å²) in [5.41, 5.74) is 2.68. The average Bonchev–Trinajstić information content (AvgIpc) is 3.13. The molecule has 2 aliphatic heterocycles. The van der Waals surface area contributed by atoms with Crippen LogP contribution in [0.4, 0.5) is 18.9 Å². The second kappa shape index (κ2) is 9.83. The quantitative estimate of drug-likeness (QED) is 0.653. The minimum absolute atomic E-state index is 0.512. The summed E-state index contributed by atoms with van der Waals surface area (Å²) in [6.07, 6.45) is 1.17. The van der Waals surface area contributed by atoms with Crippen molar-refractivity contribution < 1.29 is 13.2 Å². The molecule has 4 rings (SSSR count). The molecule has 2 fully saturated rings. The lowest BCUT2D eigenvalue weighted by Gasteiger charge is -2.44. The van der Waals surface area contributed by atoms with Crippen molar-refractivity contribution in [3.8, 4) is 0 Å². The van der Waals surface area contributed by atoms with Gasteiger partial charge in [0.1, 0.15) is 0 Å². The minimum Gasteiger partial charge on any atom is -0.369 e. The topological polar surface area (TPSA) is 27.5 Å². The highest BCUT2D eigenvalue weighted by Crippen LogP contribution is 2.32. The maximum absolute atomic E-state index is 13.1. The van der Waals surface area contributed by atoms with E-state index in [4.69, 9.17) is 0 Å². The van der Waals surface area contributed by atoms with Crippen molar-refractivity contribution in [3.05, 3.63) is 47.3 Å². The van der Waals surface area contributed by atoms with Crippen LogP contribution in [0.25, 0.3) is 0 Å². The van der Waals surface area contributed by atoms with E-state index in [1.54, 1.807) is 6.07 Å². The van der Waals surface area contributed by atoms with Crippen molar-refractivity contribution in [1.29, 1.82) is 0 Å². The smallest absolute Gasteiger partial charge is 0.369 e. The zero-order valence-electron chi connectivity index (χ0n) is 19.1. The maximum Gasteiger partial charge on any atom is 0.416 e. The SMILES string of the molecule is CCCn1ncc(CN2CCC[C@@H](N3CCN(c4cccc(C(F)(F)F)c4)CC3)C2)c1C. The lowest BCUT2D eigenvalue weighted by atomic mass is 10.0. The maximum atomic E-state index is 13.1. The molecule has 0 unspecified atom stereocenters. The zero-order chi connectivity index (χ0) is 22.7. The number of benzene rings is 1. The predicted molar refractivity (Wildman–Crippen MR) is 121 cm³/mol. The number of aryl methyl sites for hydroxylation is 1. The van der Waals surface area contributed by atoms with Crippen LogP contribution in [0.1, 0.15) is 43.0 Å². The molecule has 0 N–H and O–H groups in total. The van der Waals surface area contributed by atoms with Crippen molar-refractivity contribution >= 4 is 5.69 Å². The molecule has 0 amide bonds. The number of nitrogens with zero attached hydrogens (tertiary/aromatic N) is 5. The van der Waals surface area contributed by atoms with Crippen LogP contribution in [0.15, 0.2) is 30.5 Å². The third-order valence-corrected chi connectivity index (χ3v) is 6.88. The molecule has 1 atom stereocenters. The van der Waals surface area contributed by atoms with Crippen molar-refractivity contribution in [3.63, 3.8) is 0 Å². The molecule has 2 saturated heterocycles. The van der Waals surface area contributed by atoms with Gasteiger partial charge in [-0.15, -0.1) is 0 Å². The van der Waals surface area contributed by atoms with Gasteiger partial charge >= 0.3 is 6.18 Å². The molecule has 8 heteroatoms. The van der Waals surface area contributed by atoms with Crippen molar-refractivity contribution in [2.75, 3.05) is 44.2 Å². The number of piperazine rings is 1. The first-order chi connectivity index (χ1) is 15.3. The molecule has 2 aliphatic rings. The molecule has 1 aromatic carbocycles. The Morgan fingerprint density at radius 3 is 2.59 bits per heavy atom. The summed E-state index contributed by atoms with van der Waals surface area (Å²) < 4.78 is 41.3. The molecule has 2 aromatic rings. The molecule has 0 bridgehead atoms. The van der Waals surface area contributed by atoms with Crippen molar-refractivity contribution in [2.45, 2.75) is 58.4 Å². The second-order valence-electron chi connectivity index (χ2n) is 9.08. The molecule has 0 radical (unpaired) electrons. The fraction of sp³-hybridized carbons (Fsp3) is 0.625. The van der Waals surface area contributed by atoms with Crippen LogP contribution in [0.3, 0.4) is 0 Å². The van der Waals surface area contributed by atoms with Gasteiger partial charge in [0, 0.05) is 68.8 Å². The number of rotatable bonds is 6. The van der Waals surface area contributed by atoms with E-state index in [1.165, 1.54) is 36.2 Å². The molecule has 5 nitrogen and oxygen atoms in total. The summed E-state index contributed by atoms with van der Waals surface area (Å²) in [5, 5.41) is 4.54. The van der Waals surface area contributed by atoms with Gasteiger partial charge in [0.2, 0.25) is 0 Å². The van der Waals surface area contributed by atoms with Crippen molar-refractivity contribution in [1.82, 2.24) is 19.6 Å².